The number of carbonyl (C=O) groups excluding carboxylic acids is 1. The fourth-order valence-corrected chi connectivity index (χ4v) is 3.82. The lowest BCUT2D eigenvalue weighted by Gasteiger charge is -2.22. The molecule has 0 aliphatic carbocycles. The summed E-state index contributed by atoms with van der Waals surface area (Å²) in [6.07, 6.45) is 2.37. The van der Waals surface area contributed by atoms with E-state index in [0.29, 0.717) is 5.82 Å². The van der Waals surface area contributed by atoms with E-state index in [4.69, 9.17) is 30.2 Å². The predicted octanol–water partition coefficient (Wildman–Crippen LogP) is -1.82. The molecule has 19 heteroatoms. The van der Waals surface area contributed by atoms with Crippen molar-refractivity contribution in [3.05, 3.63) is 18.1 Å². The highest BCUT2D eigenvalue weighted by Gasteiger charge is 2.38. The molecule has 0 aromatic carbocycles. The number of aromatic nitrogens is 2. The van der Waals surface area contributed by atoms with E-state index < -0.39 is 29.8 Å². The fraction of sp³-hybridized carbons (Fsp3) is 0.167. The number of amides is 1. The number of phosphoric acid groups is 3. The van der Waals surface area contributed by atoms with Crippen LogP contribution < -0.4 is 16.4 Å². The molecule has 142 valence electrons. The van der Waals surface area contributed by atoms with Gasteiger partial charge in [-0.15, -0.1) is 0 Å². The quantitative estimate of drug-likeness (QED) is 0.248. The van der Waals surface area contributed by atoms with Gasteiger partial charge in [-0.25, -0.2) is 23.7 Å². The molecule has 0 saturated carbocycles. The third-order valence-electron chi connectivity index (χ3n) is 1.91. The Balaban J connectivity index is 0.000000250. The first kappa shape index (κ1) is 21.8. The zero-order chi connectivity index (χ0) is 19.5. The van der Waals surface area contributed by atoms with E-state index in [1.165, 1.54) is 12.4 Å². The lowest BCUT2D eigenvalue weighted by atomic mass is 10.3. The van der Waals surface area contributed by atoms with Crippen LogP contribution >= 0.6 is 23.5 Å². The molecule has 9 N–H and O–H groups in total. The van der Waals surface area contributed by atoms with Crippen molar-refractivity contribution in [1.82, 2.24) is 15.3 Å². The zero-order valence-electron chi connectivity index (χ0n) is 11.7. The lowest BCUT2D eigenvalue weighted by molar-refractivity contribution is 0.0930. The van der Waals surface area contributed by atoms with Crippen LogP contribution in [-0.2, 0) is 22.3 Å². The predicted molar refractivity (Wildman–Crippen MR) is 77.2 cm³/mol. The molecule has 25 heavy (non-hydrogen) atoms. The van der Waals surface area contributed by atoms with Crippen molar-refractivity contribution in [2.45, 2.75) is 6.29 Å². The highest BCUT2D eigenvalue weighted by atomic mass is 31.3. The van der Waals surface area contributed by atoms with Crippen LogP contribution in [0.2, 0.25) is 0 Å². The Bertz CT molecular complexity index is 747. The second-order valence-corrected chi connectivity index (χ2v) is 8.17. The number of hydrogen-bond acceptors (Lipinski definition) is 10. The normalized spacial score (nSPS) is 17.5. The van der Waals surface area contributed by atoms with Gasteiger partial charge in [-0.05, 0) is 0 Å². The van der Waals surface area contributed by atoms with Crippen LogP contribution in [0.25, 0.3) is 0 Å². The third kappa shape index (κ3) is 8.58. The topological polar surface area (TPSA) is 264 Å². The number of nitrogens with zero attached hydrogens (tertiary/aromatic N) is 2. The standard InChI is InChI=1S/C6H7N5O.H5O10P3/c7-6-10-4-3(5(12)11-6)8-1-2-9-4;1-11(2,3)9-13(7,8)10-12(4,5)6/h1-2,6H,7H2,(H,9,10)(H,11,12);(H,7,8)(H2,1,2,3)(H2,4,5,6). The molecule has 1 atom stereocenters. The van der Waals surface area contributed by atoms with Gasteiger partial charge in [0.15, 0.2) is 17.8 Å². The van der Waals surface area contributed by atoms with Gasteiger partial charge in [0.2, 0.25) is 0 Å². The van der Waals surface area contributed by atoms with Crippen LogP contribution in [0.15, 0.2) is 12.4 Å². The first-order chi connectivity index (χ1) is 11.2. The molecule has 16 nitrogen and oxygen atoms in total. The van der Waals surface area contributed by atoms with E-state index in [-0.39, 0.29) is 11.6 Å². The van der Waals surface area contributed by atoms with E-state index in [1.54, 1.807) is 0 Å². The molecular weight excluding hydrogens is 411 g/mol. The van der Waals surface area contributed by atoms with Crippen molar-refractivity contribution in [2.75, 3.05) is 5.32 Å². The van der Waals surface area contributed by atoms with Crippen LogP contribution in [0, 0.1) is 0 Å². The molecule has 0 spiro atoms. The van der Waals surface area contributed by atoms with Crippen molar-refractivity contribution < 1.29 is 51.6 Å². The van der Waals surface area contributed by atoms with Gasteiger partial charge in [0, 0.05) is 12.4 Å². The molecule has 2 rings (SSSR count). The summed E-state index contributed by atoms with van der Waals surface area (Å²) in [6.45, 7) is 0. The number of fused-ring (bicyclic) bond motifs is 1. The summed E-state index contributed by atoms with van der Waals surface area (Å²) >= 11 is 0. The van der Waals surface area contributed by atoms with E-state index >= 15 is 0 Å². The van der Waals surface area contributed by atoms with E-state index in [9.17, 15) is 18.5 Å². The van der Waals surface area contributed by atoms with Crippen molar-refractivity contribution in [1.29, 1.82) is 0 Å². The monoisotopic (exact) mass is 423 g/mol. The second-order valence-electron chi connectivity index (χ2n) is 3.96. The second kappa shape index (κ2) is 7.95. The van der Waals surface area contributed by atoms with Gasteiger partial charge in [-0.2, -0.15) is 8.62 Å². The minimum absolute atomic E-state index is 0.277. The summed E-state index contributed by atoms with van der Waals surface area (Å²) in [4.78, 5) is 59.1. The number of anilines is 1. The molecule has 1 unspecified atom stereocenters. The van der Waals surface area contributed by atoms with Crippen molar-refractivity contribution in [3.63, 3.8) is 0 Å². The Labute approximate surface area is 138 Å². The maximum Gasteiger partial charge on any atom is 0.490 e. The van der Waals surface area contributed by atoms with E-state index in [2.05, 4.69) is 29.2 Å². The van der Waals surface area contributed by atoms with Gasteiger partial charge in [-0.3, -0.25) is 10.5 Å². The molecule has 1 aromatic heterocycles. The lowest BCUT2D eigenvalue weighted by Crippen LogP contribution is -2.51. The highest BCUT2D eigenvalue weighted by Crippen LogP contribution is 2.64. The summed E-state index contributed by atoms with van der Waals surface area (Å²) in [5.74, 6) is 0.123. The van der Waals surface area contributed by atoms with Crippen LogP contribution in [0.5, 0.6) is 0 Å². The summed E-state index contributed by atoms with van der Waals surface area (Å²) in [7, 11) is -16.2. The van der Waals surface area contributed by atoms with E-state index in [1.807, 2.05) is 0 Å². The van der Waals surface area contributed by atoms with Crippen LogP contribution in [0.1, 0.15) is 10.5 Å². The summed E-state index contributed by atoms with van der Waals surface area (Å²) in [5, 5.41) is 5.22. The number of hydrogen-bond donors (Lipinski definition) is 8. The average Bonchev–Trinajstić information content (AvgIpc) is 2.32. The molecular formula is C6H12N5O11P3. The van der Waals surface area contributed by atoms with Crippen LogP contribution in [-0.4, -0.2) is 46.6 Å². The van der Waals surface area contributed by atoms with Gasteiger partial charge >= 0.3 is 23.5 Å². The largest absolute Gasteiger partial charge is 0.490 e. The Morgan fingerprint density at radius 3 is 1.92 bits per heavy atom. The van der Waals surface area contributed by atoms with Crippen LogP contribution in [0.4, 0.5) is 5.82 Å². The average molecular weight is 423 g/mol. The summed E-state index contributed by atoms with van der Waals surface area (Å²) < 4.78 is 36.4. The van der Waals surface area contributed by atoms with E-state index in [0.717, 1.165) is 0 Å². The Morgan fingerprint density at radius 1 is 0.960 bits per heavy atom. The fourth-order valence-electron chi connectivity index (χ4n) is 1.29. The Kier molecular flexibility index (Phi) is 6.92. The summed E-state index contributed by atoms with van der Waals surface area (Å²) in [5.41, 5.74) is 5.71. The molecule has 1 aromatic rings. The van der Waals surface area contributed by atoms with Crippen LogP contribution in [0.3, 0.4) is 0 Å². The zero-order valence-corrected chi connectivity index (χ0v) is 14.4. The van der Waals surface area contributed by atoms with Gasteiger partial charge < -0.3 is 35.1 Å². The molecule has 1 aliphatic heterocycles. The number of nitrogens with one attached hydrogen (secondary N) is 2. The number of carbonyl (C=O) groups is 1. The number of rotatable bonds is 4. The first-order valence-corrected chi connectivity index (χ1v) is 10.2. The molecule has 0 saturated heterocycles. The molecule has 0 bridgehead atoms. The van der Waals surface area contributed by atoms with Crippen molar-refractivity contribution in [2.24, 2.45) is 5.73 Å². The maximum absolute atomic E-state index is 11.2. The smallest absolute Gasteiger partial charge is 0.336 e. The minimum atomic E-state index is -5.46. The molecule has 0 radical (unpaired) electrons. The minimum Gasteiger partial charge on any atom is -0.336 e. The van der Waals surface area contributed by atoms with Gasteiger partial charge in [0.05, 0.1) is 0 Å². The van der Waals surface area contributed by atoms with Crippen molar-refractivity contribution in [3.8, 4) is 0 Å². The molecule has 2 heterocycles. The summed E-state index contributed by atoms with van der Waals surface area (Å²) in [6, 6.07) is 0. The Hall–Kier alpha value is -1.28. The maximum atomic E-state index is 11.2. The highest BCUT2D eigenvalue weighted by molar-refractivity contribution is 7.66. The molecule has 1 amide bonds. The molecule has 1 aliphatic rings. The third-order valence-corrected chi connectivity index (χ3v) is 5.26. The SMILES string of the molecule is NC1NC(=O)c2nccnc2N1.O=P(O)(O)OP(=O)(O)OP(=O)(O)O. The number of nitrogens with two attached hydrogens (primary N) is 1. The van der Waals surface area contributed by atoms with Gasteiger partial charge in [0.1, 0.15) is 0 Å². The first-order valence-electron chi connectivity index (χ1n) is 5.69. The van der Waals surface area contributed by atoms with Gasteiger partial charge in [0.25, 0.3) is 5.91 Å². The van der Waals surface area contributed by atoms with Gasteiger partial charge in [-0.1, -0.05) is 0 Å². The van der Waals surface area contributed by atoms with Crippen molar-refractivity contribution >= 4 is 35.2 Å². The molecule has 0 fully saturated rings. The Morgan fingerprint density at radius 2 is 1.44 bits per heavy atom.